The number of hydrogen-bond donors (Lipinski definition) is 3. The standard InChI is InChI=1S/C25H22F3N5O2/c1-35-22-8-7-16(25(26,27)28)12-20(22)32-24(34)31-19-5-2-6-21-18(19)9-11-33(21)14-15-13-30-23-17(15)4-3-10-29-23/h2-8,10,12-13H,9,11,14H2,1H3,(H,29,30)(H2,31,32,34)/i14D2. The van der Waals surface area contributed by atoms with Gasteiger partial charge in [-0.3, -0.25) is 0 Å². The number of nitrogens with zero attached hydrogens (tertiary/aromatic N) is 2. The maximum atomic E-state index is 13.1. The van der Waals surface area contributed by atoms with Gasteiger partial charge in [0.15, 0.2) is 0 Å². The number of carbonyl (C=O) groups is 1. The Hall–Kier alpha value is -4.21. The van der Waals surface area contributed by atoms with Gasteiger partial charge in [0, 0.05) is 47.8 Å². The number of amides is 2. The number of aromatic amines is 1. The van der Waals surface area contributed by atoms with Crippen LogP contribution in [-0.2, 0) is 19.1 Å². The van der Waals surface area contributed by atoms with E-state index >= 15 is 0 Å². The fourth-order valence-corrected chi connectivity index (χ4v) is 4.12. The summed E-state index contributed by atoms with van der Waals surface area (Å²) in [6, 6.07) is 10.7. The zero-order valence-corrected chi connectivity index (χ0v) is 18.5. The van der Waals surface area contributed by atoms with Crippen molar-refractivity contribution in [2.24, 2.45) is 0 Å². The summed E-state index contributed by atoms with van der Waals surface area (Å²) in [5, 5.41) is 5.78. The van der Waals surface area contributed by atoms with Crippen molar-refractivity contribution in [3.05, 3.63) is 77.6 Å². The summed E-state index contributed by atoms with van der Waals surface area (Å²) < 4.78 is 62.4. The molecule has 1 aliphatic heterocycles. The molecule has 0 spiro atoms. The fourth-order valence-electron chi connectivity index (χ4n) is 4.12. The van der Waals surface area contributed by atoms with Gasteiger partial charge in [-0.1, -0.05) is 6.07 Å². The van der Waals surface area contributed by atoms with E-state index in [9.17, 15) is 18.0 Å². The minimum atomic E-state index is -4.58. The van der Waals surface area contributed by atoms with Crippen molar-refractivity contribution in [1.82, 2.24) is 9.97 Å². The molecule has 3 N–H and O–H groups in total. The van der Waals surface area contributed by atoms with Crippen molar-refractivity contribution in [3.63, 3.8) is 0 Å². The van der Waals surface area contributed by atoms with Gasteiger partial charge >= 0.3 is 12.2 Å². The number of H-pyrrole nitrogens is 1. The number of urea groups is 1. The first-order valence-corrected chi connectivity index (χ1v) is 10.7. The molecule has 2 amide bonds. The molecule has 0 aliphatic carbocycles. The third-order valence-electron chi connectivity index (χ3n) is 5.76. The van der Waals surface area contributed by atoms with E-state index in [1.165, 1.54) is 7.11 Å². The van der Waals surface area contributed by atoms with Gasteiger partial charge in [0.25, 0.3) is 0 Å². The maximum Gasteiger partial charge on any atom is 0.416 e. The molecule has 0 radical (unpaired) electrons. The minimum absolute atomic E-state index is 0.0778. The van der Waals surface area contributed by atoms with E-state index in [1.807, 2.05) is 0 Å². The van der Waals surface area contributed by atoms with E-state index in [0.29, 0.717) is 40.9 Å². The number of alkyl halides is 3. The van der Waals surface area contributed by atoms with Crippen LogP contribution in [-0.4, -0.2) is 29.7 Å². The van der Waals surface area contributed by atoms with Crippen molar-refractivity contribution < 1.29 is 25.4 Å². The highest BCUT2D eigenvalue weighted by molar-refractivity contribution is 6.01. The molecule has 0 saturated carbocycles. The van der Waals surface area contributed by atoms with Gasteiger partial charge in [0.05, 0.1) is 21.1 Å². The lowest BCUT2D eigenvalue weighted by molar-refractivity contribution is -0.137. The smallest absolute Gasteiger partial charge is 0.416 e. The Morgan fingerprint density at radius 1 is 1.20 bits per heavy atom. The number of rotatable bonds is 5. The lowest BCUT2D eigenvalue weighted by Gasteiger charge is -2.20. The number of nitrogens with one attached hydrogen (secondary N) is 3. The van der Waals surface area contributed by atoms with E-state index < -0.39 is 24.3 Å². The van der Waals surface area contributed by atoms with E-state index in [-0.39, 0.29) is 11.4 Å². The Morgan fingerprint density at radius 2 is 2.03 bits per heavy atom. The molecular weight excluding hydrogens is 459 g/mol. The Kier molecular flexibility index (Phi) is 5.11. The van der Waals surface area contributed by atoms with Crippen LogP contribution in [0, 0.1) is 0 Å². The van der Waals surface area contributed by atoms with E-state index in [0.717, 1.165) is 23.8 Å². The number of anilines is 3. The Labute approximate surface area is 201 Å². The molecule has 0 unspecified atom stereocenters. The summed E-state index contributed by atoms with van der Waals surface area (Å²) in [5.74, 6) is 0.0778. The zero-order valence-electron chi connectivity index (χ0n) is 20.5. The van der Waals surface area contributed by atoms with Crippen LogP contribution in [0.1, 0.15) is 19.4 Å². The average molecular weight is 483 g/mol. The molecule has 0 atom stereocenters. The second-order valence-corrected chi connectivity index (χ2v) is 7.91. The van der Waals surface area contributed by atoms with Gasteiger partial charge in [0.2, 0.25) is 0 Å². The lowest BCUT2D eigenvalue weighted by Crippen LogP contribution is -2.21. The largest absolute Gasteiger partial charge is 0.495 e. The number of fused-ring (bicyclic) bond motifs is 2. The first-order chi connectivity index (χ1) is 17.6. The normalized spacial score (nSPS) is 14.3. The molecule has 180 valence electrons. The lowest BCUT2D eigenvalue weighted by atomic mass is 10.1. The summed E-state index contributed by atoms with van der Waals surface area (Å²) >= 11 is 0. The minimum Gasteiger partial charge on any atom is -0.495 e. The molecule has 5 rings (SSSR count). The zero-order chi connectivity index (χ0) is 26.4. The van der Waals surface area contributed by atoms with Crippen LogP contribution in [0.4, 0.5) is 35.0 Å². The van der Waals surface area contributed by atoms with Crippen molar-refractivity contribution in [2.45, 2.75) is 19.1 Å². The van der Waals surface area contributed by atoms with Crippen LogP contribution in [0.2, 0.25) is 0 Å². The molecule has 4 aromatic rings. The molecule has 0 bridgehead atoms. The molecule has 2 aromatic heterocycles. The molecule has 10 heteroatoms. The molecule has 35 heavy (non-hydrogen) atoms. The maximum absolute atomic E-state index is 13.1. The molecule has 2 aromatic carbocycles. The second kappa shape index (κ2) is 8.86. The predicted octanol–water partition coefficient (Wildman–Crippen LogP) is 5.80. The highest BCUT2D eigenvalue weighted by atomic mass is 19.4. The number of methoxy groups -OCH3 is 1. The first kappa shape index (κ1) is 20.2. The average Bonchev–Trinajstić information content (AvgIpc) is 3.49. The molecule has 3 heterocycles. The molecular formula is C25H22F3N5O2. The van der Waals surface area contributed by atoms with E-state index in [4.69, 9.17) is 7.48 Å². The Morgan fingerprint density at radius 3 is 2.83 bits per heavy atom. The van der Waals surface area contributed by atoms with E-state index in [1.54, 1.807) is 47.6 Å². The van der Waals surface area contributed by atoms with Crippen LogP contribution < -0.4 is 20.3 Å². The molecule has 0 fully saturated rings. The van der Waals surface area contributed by atoms with Crippen LogP contribution in [0.25, 0.3) is 11.0 Å². The number of pyridine rings is 1. The quantitative estimate of drug-likeness (QED) is 0.335. The van der Waals surface area contributed by atoms with E-state index in [2.05, 4.69) is 20.6 Å². The monoisotopic (exact) mass is 483 g/mol. The number of hydrogen-bond acceptors (Lipinski definition) is 4. The fraction of sp³-hybridized carbons (Fsp3) is 0.200. The molecule has 1 aliphatic rings. The van der Waals surface area contributed by atoms with Crippen molar-refractivity contribution in [1.29, 1.82) is 0 Å². The summed E-state index contributed by atoms with van der Waals surface area (Å²) in [4.78, 5) is 21.6. The highest BCUT2D eigenvalue weighted by Crippen LogP contribution is 2.37. The molecule has 7 nitrogen and oxygen atoms in total. The van der Waals surface area contributed by atoms with Crippen LogP contribution in [0.3, 0.4) is 0 Å². The topological polar surface area (TPSA) is 82.3 Å². The Bertz CT molecular complexity index is 1490. The summed E-state index contributed by atoms with van der Waals surface area (Å²) in [6.07, 6.45) is -0.892. The van der Waals surface area contributed by atoms with Gasteiger partial charge in [-0.05, 0) is 54.4 Å². The van der Waals surface area contributed by atoms with Crippen molar-refractivity contribution in [2.75, 3.05) is 29.2 Å². The van der Waals surface area contributed by atoms with Gasteiger partial charge in [0.1, 0.15) is 11.4 Å². The summed E-state index contributed by atoms with van der Waals surface area (Å²) in [7, 11) is 1.29. The number of benzene rings is 2. The third kappa shape index (κ3) is 4.46. The summed E-state index contributed by atoms with van der Waals surface area (Å²) in [6.45, 7) is -1.52. The molecule has 0 saturated heterocycles. The Balaban J connectivity index is 1.40. The highest BCUT2D eigenvalue weighted by Gasteiger charge is 2.31. The number of aromatic nitrogens is 2. The second-order valence-electron chi connectivity index (χ2n) is 7.91. The first-order valence-electron chi connectivity index (χ1n) is 11.7. The van der Waals surface area contributed by atoms with Crippen LogP contribution in [0.15, 0.2) is 60.9 Å². The van der Waals surface area contributed by atoms with Gasteiger partial charge in [-0.25, -0.2) is 9.78 Å². The van der Waals surface area contributed by atoms with Crippen LogP contribution >= 0.6 is 0 Å². The van der Waals surface area contributed by atoms with Gasteiger partial charge in [-0.15, -0.1) is 0 Å². The van der Waals surface area contributed by atoms with Gasteiger partial charge in [-0.2, -0.15) is 13.2 Å². The third-order valence-corrected chi connectivity index (χ3v) is 5.76. The van der Waals surface area contributed by atoms with Crippen molar-refractivity contribution >= 4 is 34.1 Å². The number of ether oxygens (including phenoxy) is 1. The van der Waals surface area contributed by atoms with Crippen LogP contribution in [0.5, 0.6) is 5.75 Å². The summed E-state index contributed by atoms with van der Waals surface area (Å²) in [5.41, 5.74) is 1.73. The number of halogens is 3. The predicted molar refractivity (Wildman–Crippen MR) is 128 cm³/mol. The van der Waals surface area contributed by atoms with Gasteiger partial charge < -0.3 is 25.3 Å². The number of carbonyl (C=O) groups excluding carboxylic acids is 1. The SMILES string of the molecule is [2H]C([2H])(c1c[nH]c2ncccc12)N1CCc2c(NC(=O)Nc3cc(C(F)(F)F)ccc3OC)cccc21. The van der Waals surface area contributed by atoms with Crippen molar-refractivity contribution in [3.8, 4) is 5.75 Å².